The topological polar surface area (TPSA) is 326 Å². The molecular formula is C20H35NO18. The van der Waals surface area contributed by atoms with Gasteiger partial charge in [-0.05, 0) is 0 Å². The number of ether oxygens (including phenoxy) is 4. The quantitative estimate of drug-likeness (QED) is 0.0903. The van der Waals surface area contributed by atoms with Gasteiger partial charge in [0.15, 0.2) is 12.4 Å². The van der Waals surface area contributed by atoms with E-state index >= 15 is 0 Å². The van der Waals surface area contributed by atoms with Crippen LogP contribution in [0.15, 0.2) is 0 Å². The summed E-state index contributed by atoms with van der Waals surface area (Å²) in [5.74, 6) is -4.97. The lowest BCUT2D eigenvalue weighted by Gasteiger charge is -2.43. The Hall–Kier alpha value is -1.66. The second-order valence-corrected chi connectivity index (χ2v) is 8.95. The van der Waals surface area contributed by atoms with Crippen LogP contribution in [-0.2, 0) is 28.5 Å². The number of hydrogen-bond acceptors (Lipinski definition) is 18. The van der Waals surface area contributed by atoms with E-state index in [2.05, 4.69) is 0 Å². The van der Waals surface area contributed by atoms with Gasteiger partial charge in [-0.25, -0.2) is 0 Å². The monoisotopic (exact) mass is 577 g/mol. The van der Waals surface area contributed by atoms with Gasteiger partial charge in [0.2, 0.25) is 5.79 Å². The standard InChI is InChI=1S/C20H35NO18/c22-2-6(25)10(27)13(30)15(32)18(35)21-1-9(26)36-4-8-11(28)14(31)16(33)19(37-8)39-20(5-24)17(34)12(29)7(3-23)38-20/h6-8,10-17,19,22-25,27-34H,1-5H2,(H,21,35)/t6-,7-,8-,10-,11-,12-,13+,14+,15-,16-,17+,19-,20+/m1/s1. The SMILES string of the molecule is O=C(CNC(=O)[C@H](O)[C@@H](O)[C@H](O)[C@H](O)CO)OC[C@H]1O[C@H](O[C@]2(CO)O[C@H](CO)[C@@H](O)[C@@H]2O)[C@H](O)[C@@H](O)[C@@H]1O. The van der Waals surface area contributed by atoms with Crippen LogP contribution in [0.4, 0.5) is 0 Å². The molecule has 0 spiro atoms. The van der Waals surface area contributed by atoms with Crippen molar-refractivity contribution in [3.63, 3.8) is 0 Å². The Kier molecular flexibility index (Phi) is 12.3. The number of carbonyl (C=O) groups is 2. The van der Waals surface area contributed by atoms with Gasteiger partial charge in [0.1, 0.15) is 80.8 Å². The van der Waals surface area contributed by atoms with E-state index in [4.69, 9.17) is 24.1 Å². The summed E-state index contributed by atoms with van der Waals surface area (Å²) in [6.07, 6.45) is -22.9. The number of aliphatic hydroxyl groups is 12. The van der Waals surface area contributed by atoms with Gasteiger partial charge in [0, 0.05) is 0 Å². The van der Waals surface area contributed by atoms with Gasteiger partial charge in [-0.1, -0.05) is 0 Å². The fourth-order valence-corrected chi connectivity index (χ4v) is 3.79. The van der Waals surface area contributed by atoms with Gasteiger partial charge in [0.25, 0.3) is 5.91 Å². The predicted molar refractivity (Wildman–Crippen MR) is 117 cm³/mol. The van der Waals surface area contributed by atoms with Crippen molar-refractivity contribution in [3.8, 4) is 0 Å². The molecule has 2 saturated heterocycles. The average molecular weight is 577 g/mol. The Labute approximate surface area is 220 Å². The molecule has 0 unspecified atom stereocenters. The summed E-state index contributed by atoms with van der Waals surface area (Å²) in [5.41, 5.74) is 0. The summed E-state index contributed by atoms with van der Waals surface area (Å²) in [6.45, 7) is -4.60. The molecular weight excluding hydrogens is 542 g/mol. The number of nitrogens with one attached hydrogen (secondary N) is 1. The molecule has 2 aliphatic heterocycles. The lowest BCUT2D eigenvalue weighted by Crippen LogP contribution is -2.63. The third-order valence-electron chi connectivity index (χ3n) is 6.23. The molecule has 19 heteroatoms. The summed E-state index contributed by atoms with van der Waals surface area (Å²) >= 11 is 0. The maximum absolute atomic E-state index is 12.0. The molecule has 2 rings (SSSR count). The van der Waals surface area contributed by atoms with Crippen LogP contribution in [0.1, 0.15) is 0 Å². The van der Waals surface area contributed by atoms with E-state index in [1.165, 1.54) is 0 Å². The molecule has 0 aliphatic carbocycles. The second-order valence-electron chi connectivity index (χ2n) is 8.95. The molecule has 39 heavy (non-hydrogen) atoms. The van der Waals surface area contributed by atoms with E-state index in [9.17, 15) is 65.8 Å². The minimum atomic E-state index is -2.42. The Bertz CT molecular complexity index is 805. The first-order valence-corrected chi connectivity index (χ1v) is 11.6. The summed E-state index contributed by atoms with van der Waals surface area (Å²) in [4.78, 5) is 23.9. The van der Waals surface area contributed by atoms with Crippen molar-refractivity contribution in [1.29, 1.82) is 0 Å². The molecule has 2 aliphatic rings. The normalized spacial score (nSPS) is 38.1. The maximum Gasteiger partial charge on any atom is 0.325 e. The molecule has 2 heterocycles. The van der Waals surface area contributed by atoms with Crippen molar-refractivity contribution < 1.29 is 89.8 Å². The third kappa shape index (κ3) is 7.55. The van der Waals surface area contributed by atoms with Gasteiger partial charge in [0.05, 0.1) is 13.2 Å². The lowest BCUT2D eigenvalue weighted by molar-refractivity contribution is -0.383. The highest BCUT2D eigenvalue weighted by molar-refractivity contribution is 5.85. The van der Waals surface area contributed by atoms with E-state index in [1.807, 2.05) is 5.32 Å². The van der Waals surface area contributed by atoms with Crippen LogP contribution in [-0.4, -0.2) is 185 Å². The van der Waals surface area contributed by atoms with Crippen molar-refractivity contribution >= 4 is 11.9 Å². The van der Waals surface area contributed by atoms with E-state index in [0.29, 0.717) is 0 Å². The van der Waals surface area contributed by atoms with Gasteiger partial charge >= 0.3 is 5.97 Å². The zero-order valence-corrected chi connectivity index (χ0v) is 20.3. The third-order valence-corrected chi connectivity index (χ3v) is 6.23. The molecule has 228 valence electrons. The van der Waals surface area contributed by atoms with Crippen LogP contribution in [0.5, 0.6) is 0 Å². The van der Waals surface area contributed by atoms with Gasteiger partial charge in [-0.3, -0.25) is 9.59 Å². The van der Waals surface area contributed by atoms with Crippen LogP contribution in [0.3, 0.4) is 0 Å². The van der Waals surface area contributed by atoms with Crippen LogP contribution >= 0.6 is 0 Å². The Morgan fingerprint density at radius 1 is 0.872 bits per heavy atom. The van der Waals surface area contributed by atoms with Crippen molar-refractivity contribution in [1.82, 2.24) is 5.32 Å². The van der Waals surface area contributed by atoms with Gasteiger partial charge in [-0.2, -0.15) is 0 Å². The Morgan fingerprint density at radius 2 is 1.51 bits per heavy atom. The van der Waals surface area contributed by atoms with Crippen molar-refractivity contribution in [3.05, 3.63) is 0 Å². The van der Waals surface area contributed by atoms with Crippen LogP contribution in [0.2, 0.25) is 0 Å². The minimum Gasteiger partial charge on any atom is -0.461 e. The second kappa shape index (κ2) is 14.3. The smallest absolute Gasteiger partial charge is 0.325 e. The fraction of sp³-hybridized carbons (Fsp3) is 0.900. The lowest BCUT2D eigenvalue weighted by atomic mass is 9.99. The molecule has 13 N–H and O–H groups in total. The molecule has 2 fully saturated rings. The zero-order chi connectivity index (χ0) is 29.7. The molecule has 0 aromatic rings. The molecule has 0 aromatic carbocycles. The highest BCUT2D eigenvalue weighted by Gasteiger charge is 2.58. The first kappa shape index (κ1) is 33.5. The Balaban J connectivity index is 1.94. The summed E-state index contributed by atoms with van der Waals surface area (Å²) in [5, 5.41) is 119. The number of esters is 1. The first-order valence-electron chi connectivity index (χ1n) is 11.6. The van der Waals surface area contributed by atoms with E-state index in [-0.39, 0.29) is 0 Å². The van der Waals surface area contributed by atoms with Crippen LogP contribution < -0.4 is 5.32 Å². The molecule has 0 aromatic heterocycles. The minimum absolute atomic E-state index is 0.783. The van der Waals surface area contributed by atoms with Crippen LogP contribution in [0.25, 0.3) is 0 Å². The maximum atomic E-state index is 12.0. The van der Waals surface area contributed by atoms with Gasteiger partial charge < -0.3 is 85.5 Å². The highest BCUT2D eigenvalue weighted by Crippen LogP contribution is 2.36. The van der Waals surface area contributed by atoms with Crippen molar-refractivity contribution in [2.75, 3.05) is 33.0 Å². The average Bonchev–Trinajstić information content (AvgIpc) is 3.18. The molecule has 1 amide bonds. The number of carbonyl (C=O) groups excluding carboxylic acids is 2. The largest absolute Gasteiger partial charge is 0.461 e. The zero-order valence-electron chi connectivity index (χ0n) is 20.3. The van der Waals surface area contributed by atoms with E-state index < -0.39 is 124 Å². The fourth-order valence-electron chi connectivity index (χ4n) is 3.79. The van der Waals surface area contributed by atoms with Crippen LogP contribution in [0, 0.1) is 0 Å². The summed E-state index contributed by atoms with van der Waals surface area (Å²) < 4.78 is 20.6. The van der Waals surface area contributed by atoms with Crippen molar-refractivity contribution in [2.45, 2.75) is 79.2 Å². The molecule has 0 bridgehead atoms. The number of hydrogen-bond donors (Lipinski definition) is 13. The summed E-state index contributed by atoms with van der Waals surface area (Å²) in [6, 6.07) is 0. The molecule has 0 saturated carbocycles. The first-order chi connectivity index (χ1) is 18.2. The number of amides is 1. The highest BCUT2D eigenvalue weighted by atomic mass is 16.8. The number of rotatable bonds is 13. The summed E-state index contributed by atoms with van der Waals surface area (Å²) in [7, 11) is 0. The Morgan fingerprint density at radius 3 is 2.05 bits per heavy atom. The van der Waals surface area contributed by atoms with Gasteiger partial charge in [-0.15, -0.1) is 0 Å². The van der Waals surface area contributed by atoms with E-state index in [1.54, 1.807) is 0 Å². The molecule has 13 atom stereocenters. The predicted octanol–water partition coefficient (Wildman–Crippen LogP) is -9.29. The molecule has 19 nitrogen and oxygen atoms in total. The van der Waals surface area contributed by atoms with E-state index in [0.717, 1.165) is 0 Å². The van der Waals surface area contributed by atoms with Crippen molar-refractivity contribution in [2.24, 2.45) is 0 Å². The molecule has 0 radical (unpaired) electrons. The number of aliphatic hydroxyl groups excluding tert-OH is 12.